The number of rotatable bonds is 0. The zero-order chi connectivity index (χ0) is 11.1. The van der Waals surface area contributed by atoms with Crippen LogP contribution in [0.15, 0.2) is 23.8 Å². The molecule has 0 aromatic carbocycles. The second-order valence-electron chi connectivity index (χ2n) is 6.16. The van der Waals surface area contributed by atoms with Gasteiger partial charge in [0.15, 0.2) is 0 Å². The monoisotopic (exact) mass is 204 g/mol. The molecular formula is C15H24. The van der Waals surface area contributed by atoms with E-state index in [1.54, 1.807) is 5.57 Å². The predicted octanol–water partition coefficient (Wildman–Crippen LogP) is 4.73. The molecular weight excluding hydrogens is 180 g/mol. The minimum Gasteiger partial charge on any atom is -0.0996 e. The molecule has 0 radical (unpaired) electrons. The number of allylic oxidation sites excluding steroid dienone is 3. The second-order valence-corrected chi connectivity index (χ2v) is 6.16. The lowest BCUT2D eigenvalue weighted by Crippen LogP contribution is -2.32. The molecule has 2 aliphatic rings. The van der Waals surface area contributed by atoms with Crippen LogP contribution in [-0.2, 0) is 0 Å². The number of hydrogen-bond donors (Lipinski definition) is 0. The maximum Gasteiger partial charge on any atom is -0.0149 e. The molecule has 0 heteroatoms. The van der Waals surface area contributed by atoms with Crippen molar-refractivity contribution in [2.24, 2.45) is 17.3 Å². The van der Waals surface area contributed by atoms with Crippen LogP contribution in [0.2, 0.25) is 0 Å². The van der Waals surface area contributed by atoms with Crippen LogP contribution in [-0.4, -0.2) is 0 Å². The Morgan fingerprint density at radius 1 is 1.40 bits per heavy atom. The Morgan fingerprint density at radius 3 is 2.87 bits per heavy atom. The van der Waals surface area contributed by atoms with Gasteiger partial charge in [-0.3, -0.25) is 0 Å². The summed E-state index contributed by atoms with van der Waals surface area (Å²) in [4.78, 5) is 0. The van der Waals surface area contributed by atoms with E-state index in [1.807, 2.05) is 0 Å². The van der Waals surface area contributed by atoms with Crippen molar-refractivity contribution in [1.82, 2.24) is 0 Å². The Morgan fingerprint density at radius 2 is 2.13 bits per heavy atom. The van der Waals surface area contributed by atoms with Crippen molar-refractivity contribution < 1.29 is 0 Å². The molecule has 0 aliphatic heterocycles. The van der Waals surface area contributed by atoms with E-state index in [2.05, 4.69) is 33.4 Å². The maximum atomic E-state index is 4.31. The van der Waals surface area contributed by atoms with Gasteiger partial charge in [0, 0.05) is 0 Å². The summed E-state index contributed by atoms with van der Waals surface area (Å²) in [5.74, 6) is 1.61. The van der Waals surface area contributed by atoms with E-state index < -0.39 is 0 Å². The van der Waals surface area contributed by atoms with Gasteiger partial charge in [-0.05, 0) is 56.3 Å². The largest absolute Gasteiger partial charge is 0.0996 e. The Kier molecular flexibility index (Phi) is 2.79. The van der Waals surface area contributed by atoms with E-state index in [0.717, 1.165) is 11.8 Å². The summed E-state index contributed by atoms with van der Waals surface area (Å²) in [5.41, 5.74) is 3.63. The fraction of sp³-hybridized carbons (Fsp3) is 0.733. The van der Waals surface area contributed by atoms with Gasteiger partial charge in [0.25, 0.3) is 0 Å². The van der Waals surface area contributed by atoms with Crippen LogP contribution in [0.4, 0.5) is 0 Å². The highest BCUT2D eigenvalue weighted by Crippen LogP contribution is 2.48. The van der Waals surface area contributed by atoms with E-state index >= 15 is 0 Å². The fourth-order valence-electron chi connectivity index (χ4n) is 3.40. The molecule has 0 amide bonds. The van der Waals surface area contributed by atoms with Crippen LogP contribution < -0.4 is 0 Å². The Bertz CT molecular complexity index is 293. The predicted molar refractivity (Wildman–Crippen MR) is 66.7 cm³/mol. The summed E-state index contributed by atoms with van der Waals surface area (Å²) in [7, 11) is 0. The minimum absolute atomic E-state index is 0.465. The first-order valence-electron chi connectivity index (χ1n) is 6.35. The summed E-state index contributed by atoms with van der Waals surface area (Å²) in [6.07, 6.45) is 9.02. The lowest BCUT2D eigenvalue weighted by atomic mass is 9.62. The molecule has 15 heavy (non-hydrogen) atoms. The second kappa shape index (κ2) is 3.81. The molecule has 0 heterocycles. The van der Waals surface area contributed by atoms with Crippen molar-refractivity contribution >= 4 is 0 Å². The maximum absolute atomic E-state index is 4.31. The molecule has 0 aromatic rings. The summed E-state index contributed by atoms with van der Waals surface area (Å²) in [6, 6.07) is 0. The zero-order valence-electron chi connectivity index (χ0n) is 10.5. The van der Waals surface area contributed by atoms with Gasteiger partial charge in [0.05, 0.1) is 0 Å². The topological polar surface area (TPSA) is 0 Å². The van der Waals surface area contributed by atoms with Gasteiger partial charge in [0.1, 0.15) is 0 Å². The van der Waals surface area contributed by atoms with Crippen LogP contribution in [0.3, 0.4) is 0 Å². The average molecular weight is 204 g/mol. The molecule has 2 unspecified atom stereocenters. The minimum atomic E-state index is 0.465. The molecule has 0 nitrogen and oxygen atoms in total. The van der Waals surface area contributed by atoms with Gasteiger partial charge in [-0.25, -0.2) is 0 Å². The first-order chi connectivity index (χ1) is 7.00. The lowest BCUT2D eigenvalue weighted by Gasteiger charge is -2.43. The van der Waals surface area contributed by atoms with Gasteiger partial charge < -0.3 is 0 Å². The molecule has 84 valence electrons. The highest BCUT2D eigenvalue weighted by molar-refractivity contribution is 5.17. The zero-order valence-corrected chi connectivity index (χ0v) is 10.5. The standard InChI is InChI=1S/C15H24/c1-11-6-5-9-15(3,4)14-10-13(11)8-7-12(14)2/h6,13-14H,2,5,7-10H2,1,3-4H3/b11-6-. The van der Waals surface area contributed by atoms with Crippen LogP contribution in [0.1, 0.15) is 52.9 Å². The third kappa shape index (κ3) is 2.04. The summed E-state index contributed by atoms with van der Waals surface area (Å²) < 4.78 is 0. The molecule has 0 spiro atoms. The third-order valence-electron chi connectivity index (χ3n) is 4.67. The molecule has 0 saturated heterocycles. The van der Waals surface area contributed by atoms with Gasteiger partial charge in [-0.1, -0.05) is 37.6 Å². The van der Waals surface area contributed by atoms with Crippen LogP contribution in [0.5, 0.6) is 0 Å². The lowest BCUT2D eigenvalue weighted by molar-refractivity contribution is 0.169. The van der Waals surface area contributed by atoms with E-state index in [0.29, 0.717) is 5.41 Å². The first-order valence-corrected chi connectivity index (χ1v) is 6.35. The van der Waals surface area contributed by atoms with Crippen molar-refractivity contribution in [2.75, 3.05) is 0 Å². The SMILES string of the molecule is C=C1CCC2CC1C(C)(C)CC/C=C\2C. The van der Waals surface area contributed by atoms with Crippen molar-refractivity contribution in [3.63, 3.8) is 0 Å². The van der Waals surface area contributed by atoms with Crippen LogP contribution in [0.25, 0.3) is 0 Å². The van der Waals surface area contributed by atoms with Crippen LogP contribution in [0, 0.1) is 17.3 Å². The summed E-state index contributed by atoms with van der Waals surface area (Å²) in [6.45, 7) is 11.5. The Hall–Kier alpha value is -0.520. The van der Waals surface area contributed by atoms with E-state index in [9.17, 15) is 0 Å². The summed E-state index contributed by atoms with van der Waals surface area (Å²) >= 11 is 0. The molecule has 2 atom stereocenters. The van der Waals surface area contributed by atoms with Crippen molar-refractivity contribution in [2.45, 2.75) is 52.9 Å². The molecule has 0 aromatic heterocycles. The Labute approximate surface area is 94.5 Å². The molecule has 2 rings (SSSR count). The molecule has 1 saturated carbocycles. The highest BCUT2D eigenvalue weighted by atomic mass is 14.4. The summed E-state index contributed by atoms with van der Waals surface area (Å²) in [5, 5.41) is 0. The molecule has 2 aliphatic carbocycles. The van der Waals surface area contributed by atoms with Crippen LogP contribution >= 0.6 is 0 Å². The van der Waals surface area contributed by atoms with Crippen molar-refractivity contribution in [1.29, 1.82) is 0 Å². The van der Waals surface area contributed by atoms with Crippen molar-refractivity contribution in [3.05, 3.63) is 23.8 Å². The molecule has 0 N–H and O–H groups in total. The van der Waals surface area contributed by atoms with Gasteiger partial charge in [-0.2, -0.15) is 0 Å². The van der Waals surface area contributed by atoms with E-state index in [4.69, 9.17) is 0 Å². The fourth-order valence-corrected chi connectivity index (χ4v) is 3.40. The molecule has 1 fully saturated rings. The quantitative estimate of drug-likeness (QED) is 0.501. The third-order valence-corrected chi connectivity index (χ3v) is 4.67. The van der Waals surface area contributed by atoms with Gasteiger partial charge in [0.2, 0.25) is 0 Å². The van der Waals surface area contributed by atoms with Gasteiger partial charge >= 0.3 is 0 Å². The van der Waals surface area contributed by atoms with Gasteiger partial charge in [-0.15, -0.1) is 0 Å². The van der Waals surface area contributed by atoms with Crippen molar-refractivity contribution in [3.8, 4) is 0 Å². The Balaban J connectivity index is 2.29. The number of hydrogen-bond acceptors (Lipinski definition) is 0. The van der Waals surface area contributed by atoms with E-state index in [1.165, 1.54) is 37.7 Å². The normalized spacial score (nSPS) is 38.9. The van der Waals surface area contributed by atoms with E-state index in [-0.39, 0.29) is 0 Å². The smallest absolute Gasteiger partial charge is 0.0149 e. The average Bonchev–Trinajstić information content (AvgIpc) is 2.16. The molecule has 2 bridgehead atoms. The number of fused-ring (bicyclic) bond motifs is 2. The first kappa shape index (κ1) is 11.0. The highest BCUT2D eigenvalue weighted by Gasteiger charge is 2.37.